The number of carbonyl (C=O) groups excluding carboxylic acids is 3. The van der Waals surface area contributed by atoms with E-state index in [-0.39, 0.29) is 35.9 Å². The highest BCUT2D eigenvalue weighted by Gasteiger charge is 2.36. The third-order valence-corrected chi connectivity index (χ3v) is 6.83. The summed E-state index contributed by atoms with van der Waals surface area (Å²) in [6, 6.07) is 5.51. The molecule has 4 rings (SSSR count). The highest BCUT2D eigenvalue weighted by molar-refractivity contribution is 6.00. The van der Waals surface area contributed by atoms with Crippen molar-refractivity contribution in [2.75, 3.05) is 19.0 Å². The molecule has 0 spiro atoms. The second-order valence-electron chi connectivity index (χ2n) is 10.4. The molecule has 35 heavy (non-hydrogen) atoms. The molecule has 9 heteroatoms. The minimum absolute atomic E-state index is 0.0493. The number of nitrogens with one attached hydrogen (secondary N) is 1. The van der Waals surface area contributed by atoms with Crippen molar-refractivity contribution < 1.29 is 23.9 Å². The van der Waals surface area contributed by atoms with Crippen LogP contribution in [0.1, 0.15) is 78.1 Å². The Kier molecular flexibility index (Phi) is 6.98. The van der Waals surface area contributed by atoms with Gasteiger partial charge in [0.1, 0.15) is 12.7 Å². The number of esters is 1. The van der Waals surface area contributed by atoms with Crippen molar-refractivity contribution in [3.05, 3.63) is 40.7 Å². The van der Waals surface area contributed by atoms with Gasteiger partial charge in [0.05, 0.1) is 28.2 Å². The summed E-state index contributed by atoms with van der Waals surface area (Å²) >= 11 is 0. The number of ketones is 1. The number of nitrogens with two attached hydrogens (primary N) is 1. The zero-order chi connectivity index (χ0) is 25.3. The average Bonchev–Trinajstić information content (AvgIpc) is 3.10. The molecule has 2 aromatic rings. The number of carbonyl (C=O) groups is 3. The third kappa shape index (κ3) is 5.40. The number of aryl methyl sites for hydroxylation is 1. The molecular weight excluding hydrogens is 448 g/mol. The van der Waals surface area contributed by atoms with Crippen molar-refractivity contribution >= 4 is 23.3 Å². The summed E-state index contributed by atoms with van der Waals surface area (Å²) in [6.45, 7) is 5.99. The van der Waals surface area contributed by atoms with Crippen LogP contribution in [-0.2, 0) is 20.7 Å². The molecule has 2 aliphatic rings. The number of fused-ring (bicyclic) bond motifs is 1. The second-order valence-corrected chi connectivity index (χ2v) is 10.4. The zero-order valence-electron chi connectivity index (χ0n) is 20.8. The first kappa shape index (κ1) is 24.9. The highest BCUT2D eigenvalue weighted by atomic mass is 16.6. The van der Waals surface area contributed by atoms with E-state index in [2.05, 4.69) is 24.3 Å². The van der Waals surface area contributed by atoms with Crippen LogP contribution in [-0.4, -0.2) is 53.3 Å². The number of ether oxygens (including phenoxy) is 2. The topological polar surface area (TPSA) is 126 Å². The lowest BCUT2D eigenvalue weighted by atomic mass is 9.75. The van der Waals surface area contributed by atoms with E-state index in [0.717, 1.165) is 49.2 Å². The molecular formula is C26H34N4O5. The lowest BCUT2D eigenvalue weighted by Gasteiger charge is -2.30. The van der Waals surface area contributed by atoms with Crippen LogP contribution in [0.2, 0.25) is 0 Å². The van der Waals surface area contributed by atoms with E-state index in [1.165, 1.54) is 7.11 Å². The van der Waals surface area contributed by atoms with Crippen molar-refractivity contribution in [2.24, 2.45) is 11.1 Å². The van der Waals surface area contributed by atoms with Crippen molar-refractivity contribution in [2.45, 2.75) is 71.4 Å². The number of anilines is 1. The van der Waals surface area contributed by atoms with Crippen molar-refractivity contribution in [1.82, 2.24) is 9.78 Å². The summed E-state index contributed by atoms with van der Waals surface area (Å²) in [5.74, 6) is -0.751. The van der Waals surface area contributed by atoms with Gasteiger partial charge in [-0.2, -0.15) is 5.10 Å². The van der Waals surface area contributed by atoms with Crippen molar-refractivity contribution in [3.63, 3.8) is 0 Å². The molecule has 1 amide bonds. The third-order valence-electron chi connectivity index (χ3n) is 6.83. The van der Waals surface area contributed by atoms with Crippen LogP contribution >= 0.6 is 0 Å². The smallest absolute Gasteiger partial charge is 0.332 e. The molecule has 0 saturated heterocycles. The van der Waals surface area contributed by atoms with E-state index in [0.29, 0.717) is 23.2 Å². The maximum atomic E-state index is 12.8. The number of benzene rings is 1. The van der Waals surface area contributed by atoms with Gasteiger partial charge in [0, 0.05) is 25.3 Å². The number of aromatic nitrogens is 2. The molecule has 0 aliphatic heterocycles. The SMILES string of the molecule is COCC(=O)OC1CCC(Nc2cc(-n3nc(C)c4c3CC(C)(C)CC4=O)ccc2C(N)=O)CC1. The average molecular weight is 483 g/mol. The largest absolute Gasteiger partial charge is 0.461 e. The van der Waals surface area contributed by atoms with Crippen LogP contribution in [0.15, 0.2) is 18.2 Å². The van der Waals surface area contributed by atoms with Crippen LogP contribution in [0, 0.1) is 12.3 Å². The predicted molar refractivity (Wildman–Crippen MR) is 131 cm³/mol. The molecule has 1 aromatic heterocycles. The molecule has 1 fully saturated rings. The maximum absolute atomic E-state index is 12.8. The number of Topliss-reactive ketones (excluding diaryl/α,β-unsaturated/α-hetero) is 1. The van der Waals surface area contributed by atoms with Crippen LogP contribution in [0.5, 0.6) is 0 Å². The Bertz CT molecular complexity index is 1140. The number of hydrogen-bond donors (Lipinski definition) is 2. The van der Waals surface area contributed by atoms with E-state index < -0.39 is 5.91 Å². The summed E-state index contributed by atoms with van der Waals surface area (Å²) in [5.41, 5.74) is 9.66. The van der Waals surface area contributed by atoms with Crippen LogP contribution in [0.3, 0.4) is 0 Å². The molecule has 1 heterocycles. The normalized spacial score (nSPS) is 21.3. The van der Waals surface area contributed by atoms with Crippen molar-refractivity contribution in [1.29, 1.82) is 0 Å². The van der Waals surface area contributed by atoms with E-state index >= 15 is 0 Å². The monoisotopic (exact) mass is 482 g/mol. The minimum Gasteiger partial charge on any atom is -0.461 e. The van der Waals surface area contributed by atoms with Gasteiger partial charge in [-0.15, -0.1) is 0 Å². The lowest BCUT2D eigenvalue weighted by Crippen LogP contribution is -2.32. The number of nitrogens with zero attached hydrogens (tertiary/aromatic N) is 2. The number of hydrogen-bond acceptors (Lipinski definition) is 7. The van der Waals surface area contributed by atoms with Crippen LogP contribution < -0.4 is 11.1 Å². The first-order valence-corrected chi connectivity index (χ1v) is 12.1. The van der Waals surface area contributed by atoms with Gasteiger partial charge in [-0.3, -0.25) is 9.59 Å². The summed E-state index contributed by atoms with van der Waals surface area (Å²) in [4.78, 5) is 36.7. The lowest BCUT2D eigenvalue weighted by molar-refractivity contribution is -0.154. The molecule has 1 saturated carbocycles. The molecule has 0 unspecified atom stereocenters. The molecule has 0 radical (unpaired) electrons. The predicted octanol–water partition coefficient (Wildman–Crippen LogP) is 3.35. The standard InChI is InChI=1S/C26H34N4O5/c1-15-24-21(12-26(2,3)13-22(24)31)30(29-15)17-7-10-19(25(27)33)20(11-17)28-16-5-8-18(9-6-16)35-23(32)14-34-4/h7,10-11,16,18,28H,5-6,8-9,12-14H2,1-4H3,(H2,27,33). The molecule has 188 valence electrons. The molecule has 9 nitrogen and oxygen atoms in total. The van der Waals surface area contributed by atoms with Gasteiger partial charge < -0.3 is 20.5 Å². The van der Waals surface area contributed by atoms with E-state index in [1.54, 1.807) is 6.07 Å². The Morgan fingerprint density at radius 3 is 2.57 bits per heavy atom. The maximum Gasteiger partial charge on any atom is 0.332 e. The van der Waals surface area contributed by atoms with Gasteiger partial charge in [-0.05, 0) is 62.6 Å². The Labute approximate surface area is 205 Å². The Balaban J connectivity index is 1.57. The van der Waals surface area contributed by atoms with Gasteiger partial charge in [0.2, 0.25) is 0 Å². The zero-order valence-corrected chi connectivity index (χ0v) is 20.8. The van der Waals surface area contributed by atoms with E-state index in [9.17, 15) is 14.4 Å². The van der Waals surface area contributed by atoms with Gasteiger partial charge in [0.15, 0.2) is 5.78 Å². The number of primary amides is 1. The van der Waals surface area contributed by atoms with Crippen LogP contribution in [0.25, 0.3) is 5.69 Å². The van der Waals surface area contributed by atoms with E-state index in [1.807, 2.05) is 23.7 Å². The van der Waals surface area contributed by atoms with Gasteiger partial charge >= 0.3 is 5.97 Å². The number of methoxy groups -OCH3 is 1. The second kappa shape index (κ2) is 9.81. The minimum atomic E-state index is -0.517. The highest BCUT2D eigenvalue weighted by Crippen LogP contribution is 2.37. The first-order chi connectivity index (χ1) is 16.6. The fourth-order valence-corrected chi connectivity index (χ4v) is 5.23. The fourth-order valence-electron chi connectivity index (χ4n) is 5.23. The Morgan fingerprint density at radius 2 is 1.91 bits per heavy atom. The fraction of sp³-hybridized carbons (Fsp3) is 0.538. The number of rotatable bonds is 7. The molecule has 0 atom stereocenters. The van der Waals surface area contributed by atoms with Crippen molar-refractivity contribution in [3.8, 4) is 5.69 Å². The molecule has 0 bridgehead atoms. The number of amides is 1. The summed E-state index contributed by atoms with van der Waals surface area (Å²) in [7, 11) is 1.46. The summed E-state index contributed by atoms with van der Waals surface area (Å²) in [6.07, 6.45) is 4.13. The Morgan fingerprint density at radius 1 is 1.20 bits per heavy atom. The molecule has 3 N–H and O–H groups in total. The van der Waals surface area contributed by atoms with Gasteiger partial charge in [0.25, 0.3) is 5.91 Å². The van der Waals surface area contributed by atoms with Crippen LogP contribution in [0.4, 0.5) is 5.69 Å². The molecule has 1 aromatic carbocycles. The first-order valence-electron chi connectivity index (χ1n) is 12.1. The summed E-state index contributed by atoms with van der Waals surface area (Å²) < 4.78 is 12.1. The van der Waals surface area contributed by atoms with Gasteiger partial charge in [-0.1, -0.05) is 13.8 Å². The summed E-state index contributed by atoms with van der Waals surface area (Å²) in [5, 5.41) is 8.16. The Hall–Kier alpha value is -3.20. The molecule has 2 aliphatic carbocycles. The van der Waals surface area contributed by atoms with E-state index in [4.69, 9.17) is 15.2 Å². The van der Waals surface area contributed by atoms with Gasteiger partial charge in [-0.25, -0.2) is 9.48 Å². The quantitative estimate of drug-likeness (QED) is 0.580.